The molecular weight excluding hydrogens is 555 g/mol. The van der Waals surface area contributed by atoms with Crippen molar-refractivity contribution < 1.29 is 40.6 Å². The van der Waals surface area contributed by atoms with Crippen LogP contribution in [0.1, 0.15) is 48.0 Å². The van der Waals surface area contributed by atoms with Gasteiger partial charge in [0.05, 0.1) is 30.3 Å². The molecule has 40 heavy (non-hydrogen) atoms. The van der Waals surface area contributed by atoms with Gasteiger partial charge in [0.2, 0.25) is 5.60 Å². The average Bonchev–Trinajstić information content (AvgIpc) is 3.26. The van der Waals surface area contributed by atoms with Gasteiger partial charge in [-0.3, -0.25) is 14.3 Å². The number of hydrogen-bond acceptors (Lipinski definition) is 8. The Labute approximate surface area is 230 Å². The second-order valence-corrected chi connectivity index (χ2v) is 12.1. The standard InChI is InChI=1S/C25H32F3N5O6S/c1-7-32-14-20(21(31-32)37-8-2)40(35,36)33-13-17(12-23(3,4)15-29)38-19-10-9-16(11-18(19)33)30-22(34)39-24(5,6)25(26,27)28/h9-11,14,17H,7-8,12-13H2,1-6H3,(H,30,34)/t17-/m0/s1. The van der Waals surface area contributed by atoms with Gasteiger partial charge in [0.1, 0.15) is 11.9 Å². The first-order valence-corrected chi connectivity index (χ1v) is 13.9. The monoisotopic (exact) mass is 587 g/mol. The van der Waals surface area contributed by atoms with E-state index in [1.807, 2.05) is 0 Å². The third kappa shape index (κ3) is 6.55. The van der Waals surface area contributed by atoms with Crippen molar-refractivity contribution in [1.29, 1.82) is 5.26 Å². The van der Waals surface area contributed by atoms with E-state index in [0.29, 0.717) is 20.4 Å². The first kappa shape index (κ1) is 30.9. The number of nitrogens with one attached hydrogen (secondary N) is 1. The summed E-state index contributed by atoms with van der Waals surface area (Å²) in [5.41, 5.74) is -3.61. The van der Waals surface area contributed by atoms with Crippen LogP contribution in [0.4, 0.5) is 29.3 Å². The molecule has 1 atom stereocenters. The molecule has 2 aromatic rings. The first-order valence-electron chi connectivity index (χ1n) is 12.5. The van der Waals surface area contributed by atoms with Crippen molar-refractivity contribution in [3.8, 4) is 17.7 Å². The number of anilines is 2. The van der Waals surface area contributed by atoms with E-state index in [-0.39, 0.29) is 47.5 Å². The number of nitrogens with zero attached hydrogens (tertiary/aromatic N) is 4. The fourth-order valence-corrected chi connectivity index (χ4v) is 5.43. The Morgan fingerprint density at radius 2 is 1.93 bits per heavy atom. The molecule has 0 aliphatic carbocycles. The molecule has 0 radical (unpaired) electrons. The highest BCUT2D eigenvalue weighted by molar-refractivity contribution is 7.93. The van der Waals surface area contributed by atoms with E-state index in [1.165, 1.54) is 29.1 Å². The number of halogens is 3. The molecule has 0 saturated heterocycles. The molecule has 0 spiro atoms. The van der Waals surface area contributed by atoms with Crippen LogP contribution >= 0.6 is 0 Å². The number of carbonyl (C=O) groups excluding carboxylic acids is 1. The zero-order valence-electron chi connectivity index (χ0n) is 23.0. The van der Waals surface area contributed by atoms with Crippen molar-refractivity contribution in [2.45, 2.75) is 77.3 Å². The minimum absolute atomic E-state index is 0.0191. The maximum atomic E-state index is 14.0. The SMILES string of the molecule is CCOc1nn(CC)cc1S(=O)(=O)N1C[C@H](CC(C)(C)C#N)Oc2ccc(NC(=O)OC(C)(C)C(F)(F)F)cc21. The fourth-order valence-electron chi connectivity index (χ4n) is 3.85. The van der Waals surface area contributed by atoms with Crippen molar-refractivity contribution >= 4 is 27.5 Å². The van der Waals surface area contributed by atoms with Crippen LogP contribution in [-0.4, -0.2) is 55.3 Å². The Morgan fingerprint density at radius 3 is 2.50 bits per heavy atom. The Hall–Kier alpha value is -3.67. The van der Waals surface area contributed by atoms with E-state index in [2.05, 4.69) is 21.2 Å². The van der Waals surface area contributed by atoms with E-state index in [1.54, 1.807) is 27.7 Å². The van der Waals surface area contributed by atoms with Crippen molar-refractivity contribution in [1.82, 2.24) is 9.78 Å². The Kier molecular flexibility index (Phi) is 8.54. The normalized spacial score (nSPS) is 16.0. The van der Waals surface area contributed by atoms with Gasteiger partial charge in [-0.2, -0.15) is 18.4 Å². The third-order valence-corrected chi connectivity index (χ3v) is 7.84. The summed E-state index contributed by atoms with van der Waals surface area (Å²) in [5.74, 6) is 0.0301. The fraction of sp³-hybridized carbons (Fsp3) is 0.560. The molecule has 11 nitrogen and oxygen atoms in total. The van der Waals surface area contributed by atoms with Gasteiger partial charge in [-0.05, 0) is 59.7 Å². The molecule has 1 N–H and O–H groups in total. The molecule has 3 rings (SSSR count). The smallest absolute Gasteiger partial charge is 0.427 e. The summed E-state index contributed by atoms with van der Waals surface area (Å²) in [4.78, 5) is 12.1. The van der Waals surface area contributed by atoms with Crippen molar-refractivity contribution in [3.63, 3.8) is 0 Å². The van der Waals surface area contributed by atoms with Gasteiger partial charge in [0.15, 0.2) is 4.90 Å². The lowest BCUT2D eigenvalue weighted by Gasteiger charge is -2.37. The highest BCUT2D eigenvalue weighted by atomic mass is 32.2. The molecule has 1 aliphatic rings. The van der Waals surface area contributed by atoms with Gasteiger partial charge in [-0.15, -0.1) is 5.10 Å². The van der Waals surface area contributed by atoms with E-state index in [0.717, 1.165) is 4.31 Å². The molecule has 15 heteroatoms. The number of fused-ring (bicyclic) bond motifs is 1. The molecule has 0 saturated carbocycles. The molecule has 1 aliphatic heterocycles. The van der Waals surface area contributed by atoms with E-state index >= 15 is 0 Å². The highest BCUT2D eigenvalue weighted by Gasteiger charge is 2.51. The zero-order chi connectivity index (χ0) is 30.1. The average molecular weight is 588 g/mol. The number of aryl methyl sites for hydroxylation is 1. The predicted octanol–water partition coefficient (Wildman–Crippen LogP) is 5.09. The number of ether oxygens (including phenoxy) is 3. The Morgan fingerprint density at radius 1 is 1.25 bits per heavy atom. The number of benzene rings is 1. The van der Waals surface area contributed by atoms with Crippen LogP contribution in [0.15, 0.2) is 29.3 Å². The van der Waals surface area contributed by atoms with Crippen molar-refractivity contribution in [2.75, 3.05) is 22.8 Å². The van der Waals surface area contributed by atoms with Crippen LogP contribution in [0.5, 0.6) is 11.6 Å². The van der Waals surface area contributed by atoms with Crippen LogP contribution in [0.2, 0.25) is 0 Å². The van der Waals surface area contributed by atoms with Gasteiger partial charge in [0, 0.05) is 24.8 Å². The maximum Gasteiger partial charge on any atom is 0.427 e. The summed E-state index contributed by atoms with van der Waals surface area (Å²) in [6.45, 7) is 8.61. The maximum absolute atomic E-state index is 14.0. The van der Waals surface area contributed by atoms with Gasteiger partial charge in [0.25, 0.3) is 15.9 Å². The minimum atomic E-state index is -4.81. The lowest BCUT2D eigenvalue weighted by atomic mass is 9.88. The number of alkyl halides is 3. The molecule has 2 heterocycles. The van der Waals surface area contributed by atoms with Crippen LogP contribution < -0.4 is 19.1 Å². The largest absolute Gasteiger partial charge is 0.486 e. The molecule has 0 bridgehead atoms. The number of hydrogen-bond donors (Lipinski definition) is 1. The summed E-state index contributed by atoms with van der Waals surface area (Å²) in [5, 5.41) is 15.9. The van der Waals surface area contributed by atoms with Crippen molar-refractivity contribution in [3.05, 3.63) is 24.4 Å². The number of aromatic nitrogens is 2. The van der Waals surface area contributed by atoms with Gasteiger partial charge in [-0.25, -0.2) is 13.2 Å². The number of sulfonamides is 1. The van der Waals surface area contributed by atoms with E-state index < -0.39 is 39.4 Å². The van der Waals surface area contributed by atoms with E-state index in [4.69, 9.17) is 9.47 Å². The number of nitriles is 1. The predicted molar refractivity (Wildman–Crippen MR) is 139 cm³/mol. The minimum Gasteiger partial charge on any atom is -0.486 e. The van der Waals surface area contributed by atoms with Gasteiger partial charge < -0.3 is 14.2 Å². The molecule has 0 unspecified atom stereocenters. The van der Waals surface area contributed by atoms with Crippen LogP contribution in [0.3, 0.4) is 0 Å². The summed E-state index contributed by atoms with van der Waals surface area (Å²) >= 11 is 0. The number of carbonyl (C=O) groups is 1. The van der Waals surface area contributed by atoms with Crippen LogP contribution in [-0.2, 0) is 21.3 Å². The summed E-state index contributed by atoms with van der Waals surface area (Å²) in [6.07, 6.45) is -5.38. The summed E-state index contributed by atoms with van der Waals surface area (Å²) in [7, 11) is -4.34. The topological polar surface area (TPSA) is 136 Å². The third-order valence-electron chi connectivity index (χ3n) is 6.08. The lowest BCUT2D eigenvalue weighted by molar-refractivity contribution is -0.242. The molecule has 1 aromatic carbocycles. The quantitative estimate of drug-likeness (QED) is 0.429. The van der Waals surface area contributed by atoms with Gasteiger partial charge in [-0.1, -0.05) is 0 Å². The second-order valence-electron chi connectivity index (χ2n) is 10.3. The first-order chi connectivity index (χ1) is 18.4. The molecular formula is C25H32F3N5O6S. The summed E-state index contributed by atoms with van der Waals surface area (Å²) in [6, 6.07) is 6.15. The molecule has 1 amide bonds. The summed E-state index contributed by atoms with van der Waals surface area (Å²) < 4.78 is 86.1. The number of rotatable bonds is 9. The number of amides is 1. The van der Waals surface area contributed by atoms with Crippen LogP contribution in [0.25, 0.3) is 0 Å². The highest BCUT2D eigenvalue weighted by Crippen LogP contribution is 2.42. The van der Waals surface area contributed by atoms with Crippen LogP contribution in [0, 0.1) is 16.7 Å². The van der Waals surface area contributed by atoms with E-state index in [9.17, 15) is 31.6 Å². The Bertz CT molecular complexity index is 1400. The van der Waals surface area contributed by atoms with Gasteiger partial charge >= 0.3 is 12.3 Å². The Balaban J connectivity index is 2.05. The second kappa shape index (κ2) is 11.1. The zero-order valence-corrected chi connectivity index (χ0v) is 23.8. The lowest BCUT2D eigenvalue weighted by Crippen LogP contribution is -2.45. The molecule has 0 fully saturated rings. The molecule has 1 aromatic heterocycles. The van der Waals surface area contributed by atoms with Crippen molar-refractivity contribution in [2.24, 2.45) is 5.41 Å². The molecule has 220 valence electrons.